The number of rotatable bonds is 2. The van der Waals surface area contributed by atoms with Gasteiger partial charge in [0.1, 0.15) is 12.3 Å². The highest BCUT2D eigenvalue weighted by Gasteiger charge is 2.23. The zero-order chi connectivity index (χ0) is 12.4. The average molecular weight is 240 g/mol. The van der Waals surface area contributed by atoms with Gasteiger partial charge in [-0.3, -0.25) is 0 Å². The van der Waals surface area contributed by atoms with Crippen molar-refractivity contribution in [3.63, 3.8) is 0 Å². The van der Waals surface area contributed by atoms with E-state index in [1.165, 1.54) is 11.1 Å². The second kappa shape index (κ2) is 4.81. The highest BCUT2D eigenvalue weighted by Crippen LogP contribution is 2.17. The summed E-state index contributed by atoms with van der Waals surface area (Å²) in [6, 6.07) is 9.12. The molecule has 18 heavy (non-hydrogen) atoms. The van der Waals surface area contributed by atoms with Crippen molar-refractivity contribution < 1.29 is 9.31 Å². The van der Waals surface area contributed by atoms with Gasteiger partial charge in [-0.15, -0.1) is 0 Å². The molecule has 0 bridgehead atoms. The Morgan fingerprint density at radius 1 is 1.28 bits per heavy atom. The molecule has 0 saturated heterocycles. The van der Waals surface area contributed by atoms with Crippen molar-refractivity contribution in [2.24, 2.45) is 0 Å². The summed E-state index contributed by atoms with van der Waals surface area (Å²) in [5.74, 6) is 0.976. The molecule has 0 spiro atoms. The molecule has 2 aliphatic rings. The molecule has 0 aromatic heterocycles. The van der Waals surface area contributed by atoms with Gasteiger partial charge in [0, 0.05) is 18.4 Å². The van der Waals surface area contributed by atoms with Crippen LogP contribution < -0.4 is 0 Å². The fourth-order valence-electron chi connectivity index (χ4n) is 2.63. The largest absolute Gasteiger partial charge is 0.497 e. The van der Waals surface area contributed by atoms with Crippen LogP contribution in [0.3, 0.4) is 0 Å². The SMILES string of the molecule is COC1=CCC([N+]2=Cc3ccccc3CC2)C=C1. The van der Waals surface area contributed by atoms with E-state index in [9.17, 15) is 0 Å². The Morgan fingerprint density at radius 2 is 2.17 bits per heavy atom. The molecule has 1 aliphatic carbocycles. The predicted octanol–water partition coefficient (Wildman–Crippen LogP) is 2.53. The number of hydrogen-bond donors (Lipinski definition) is 0. The van der Waals surface area contributed by atoms with Gasteiger partial charge in [0.15, 0.2) is 12.3 Å². The molecule has 0 fully saturated rings. The summed E-state index contributed by atoms with van der Waals surface area (Å²) in [5, 5.41) is 0. The fraction of sp³-hybridized carbons (Fsp3) is 0.312. The van der Waals surface area contributed by atoms with Crippen molar-refractivity contribution in [2.45, 2.75) is 18.9 Å². The molecule has 0 radical (unpaired) electrons. The first-order valence-electron chi connectivity index (χ1n) is 6.48. The number of hydrogen-bond acceptors (Lipinski definition) is 1. The summed E-state index contributed by atoms with van der Waals surface area (Å²) >= 11 is 0. The van der Waals surface area contributed by atoms with Crippen LogP contribution >= 0.6 is 0 Å². The average Bonchev–Trinajstić information content (AvgIpc) is 2.47. The highest BCUT2D eigenvalue weighted by atomic mass is 16.5. The maximum absolute atomic E-state index is 5.23. The maximum atomic E-state index is 5.23. The van der Waals surface area contributed by atoms with Crippen molar-refractivity contribution in [1.82, 2.24) is 0 Å². The molecule has 0 N–H and O–H groups in total. The lowest BCUT2D eigenvalue weighted by Crippen LogP contribution is -2.31. The Kier molecular flexibility index (Phi) is 3.01. The van der Waals surface area contributed by atoms with Crippen molar-refractivity contribution >= 4 is 6.21 Å². The number of methoxy groups -OCH3 is 1. The minimum absolute atomic E-state index is 0.470. The van der Waals surface area contributed by atoms with E-state index in [1.54, 1.807) is 7.11 Å². The monoisotopic (exact) mass is 240 g/mol. The van der Waals surface area contributed by atoms with Crippen molar-refractivity contribution in [2.75, 3.05) is 13.7 Å². The summed E-state index contributed by atoms with van der Waals surface area (Å²) in [5.41, 5.74) is 2.82. The Bertz CT molecular complexity index is 540. The van der Waals surface area contributed by atoms with Crippen LogP contribution in [0.1, 0.15) is 17.5 Å². The van der Waals surface area contributed by atoms with Crippen molar-refractivity contribution in [3.05, 3.63) is 59.4 Å². The van der Waals surface area contributed by atoms with E-state index in [1.807, 2.05) is 0 Å². The zero-order valence-electron chi connectivity index (χ0n) is 10.7. The van der Waals surface area contributed by atoms with Gasteiger partial charge in [0.05, 0.1) is 7.11 Å². The van der Waals surface area contributed by atoms with E-state index in [-0.39, 0.29) is 0 Å². The van der Waals surface area contributed by atoms with E-state index >= 15 is 0 Å². The molecule has 1 aromatic carbocycles. The molecule has 1 heterocycles. The third-order valence-corrected chi connectivity index (χ3v) is 3.70. The number of nitrogens with zero attached hydrogens (tertiary/aromatic N) is 1. The normalized spacial score (nSPS) is 21.9. The van der Waals surface area contributed by atoms with E-state index in [2.05, 4.69) is 53.3 Å². The number of allylic oxidation sites excluding steroid dienone is 1. The van der Waals surface area contributed by atoms with Gasteiger partial charge in [-0.25, -0.2) is 4.58 Å². The van der Waals surface area contributed by atoms with Crippen LogP contribution in [0.15, 0.2) is 48.3 Å². The van der Waals surface area contributed by atoms with Crippen LogP contribution in [0.5, 0.6) is 0 Å². The predicted molar refractivity (Wildman–Crippen MR) is 73.1 cm³/mol. The molecule has 1 aliphatic heterocycles. The summed E-state index contributed by atoms with van der Waals surface area (Å²) in [4.78, 5) is 0. The molecular formula is C16H18NO+. The molecule has 0 amide bonds. The highest BCUT2D eigenvalue weighted by molar-refractivity contribution is 5.78. The summed E-state index contributed by atoms with van der Waals surface area (Å²) in [6.07, 6.45) is 10.9. The second-order valence-electron chi connectivity index (χ2n) is 4.79. The molecular weight excluding hydrogens is 222 g/mol. The summed E-state index contributed by atoms with van der Waals surface area (Å²) < 4.78 is 7.66. The maximum Gasteiger partial charge on any atom is 0.175 e. The van der Waals surface area contributed by atoms with Gasteiger partial charge in [0.25, 0.3) is 0 Å². The van der Waals surface area contributed by atoms with Crippen LogP contribution in [-0.4, -0.2) is 30.5 Å². The third kappa shape index (κ3) is 2.10. The molecule has 1 aromatic rings. The van der Waals surface area contributed by atoms with Gasteiger partial charge in [-0.1, -0.05) is 18.2 Å². The lowest BCUT2D eigenvalue weighted by Gasteiger charge is -2.19. The summed E-state index contributed by atoms with van der Waals surface area (Å²) in [6.45, 7) is 1.10. The molecule has 2 nitrogen and oxygen atoms in total. The molecule has 0 saturated carbocycles. The first kappa shape index (κ1) is 11.3. The molecule has 1 atom stereocenters. The van der Waals surface area contributed by atoms with Crippen molar-refractivity contribution in [3.8, 4) is 0 Å². The van der Waals surface area contributed by atoms with E-state index < -0.39 is 0 Å². The Labute approximate surface area is 108 Å². The quantitative estimate of drug-likeness (QED) is 0.724. The number of ether oxygens (including phenoxy) is 1. The lowest BCUT2D eigenvalue weighted by molar-refractivity contribution is -0.550. The number of fused-ring (bicyclic) bond motifs is 1. The standard InChI is InChI=1S/C16H18NO/c1-18-16-8-6-15(7-9-16)17-11-10-13-4-2-3-5-14(13)12-17/h2-6,8-9,12,15H,7,10-11H2,1H3/q+1. The van der Waals surface area contributed by atoms with Crippen LogP contribution in [0, 0.1) is 0 Å². The van der Waals surface area contributed by atoms with E-state index in [4.69, 9.17) is 4.74 Å². The number of benzene rings is 1. The van der Waals surface area contributed by atoms with Crippen LogP contribution in [0.2, 0.25) is 0 Å². The van der Waals surface area contributed by atoms with Gasteiger partial charge in [0.2, 0.25) is 0 Å². The minimum Gasteiger partial charge on any atom is -0.497 e. The lowest BCUT2D eigenvalue weighted by atomic mass is 10.00. The Balaban J connectivity index is 1.82. The minimum atomic E-state index is 0.470. The fourth-order valence-corrected chi connectivity index (χ4v) is 2.63. The van der Waals surface area contributed by atoms with Gasteiger partial charge in [-0.2, -0.15) is 0 Å². The zero-order valence-corrected chi connectivity index (χ0v) is 10.7. The summed E-state index contributed by atoms with van der Waals surface area (Å²) in [7, 11) is 1.72. The van der Waals surface area contributed by atoms with E-state index in [0.29, 0.717) is 6.04 Å². The Hall–Kier alpha value is -1.83. The van der Waals surface area contributed by atoms with Crippen molar-refractivity contribution in [1.29, 1.82) is 0 Å². The van der Waals surface area contributed by atoms with Crippen LogP contribution in [0.4, 0.5) is 0 Å². The second-order valence-corrected chi connectivity index (χ2v) is 4.79. The Morgan fingerprint density at radius 3 is 2.94 bits per heavy atom. The molecule has 3 rings (SSSR count). The molecule has 1 unspecified atom stereocenters. The van der Waals surface area contributed by atoms with Crippen LogP contribution in [-0.2, 0) is 11.2 Å². The van der Waals surface area contributed by atoms with E-state index in [0.717, 1.165) is 25.1 Å². The van der Waals surface area contributed by atoms with Gasteiger partial charge >= 0.3 is 0 Å². The molecule has 92 valence electrons. The van der Waals surface area contributed by atoms with Crippen LogP contribution in [0.25, 0.3) is 0 Å². The van der Waals surface area contributed by atoms with Gasteiger partial charge in [-0.05, 0) is 29.9 Å². The van der Waals surface area contributed by atoms with Gasteiger partial charge < -0.3 is 4.74 Å². The first-order valence-corrected chi connectivity index (χ1v) is 6.48. The topological polar surface area (TPSA) is 12.2 Å². The third-order valence-electron chi connectivity index (χ3n) is 3.70. The smallest absolute Gasteiger partial charge is 0.175 e. The molecule has 2 heteroatoms. The first-order chi connectivity index (χ1) is 8.86.